The minimum atomic E-state index is -0.191. The molecule has 0 amide bonds. The van der Waals surface area contributed by atoms with Crippen LogP contribution in [-0.2, 0) is 6.42 Å². The van der Waals surface area contributed by atoms with Crippen LogP contribution in [0, 0.1) is 0 Å². The van der Waals surface area contributed by atoms with Crippen molar-refractivity contribution >= 4 is 27.3 Å². The fourth-order valence-corrected chi connectivity index (χ4v) is 2.41. The maximum absolute atomic E-state index is 9.03. The van der Waals surface area contributed by atoms with E-state index in [-0.39, 0.29) is 6.10 Å². The first kappa shape index (κ1) is 9.23. The van der Waals surface area contributed by atoms with E-state index in [0.29, 0.717) is 0 Å². The van der Waals surface area contributed by atoms with Gasteiger partial charge in [-0.1, -0.05) is 0 Å². The van der Waals surface area contributed by atoms with Crippen molar-refractivity contribution in [1.29, 1.82) is 0 Å². The van der Waals surface area contributed by atoms with Gasteiger partial charge in [0, 0.05) is 9.35 Å². The molecule has 0 saturated heterocycles. The number of aryl methyl sites for hydroxylation is 1. The number of halogens is 1. The molecule has 0 aliphatic carbocycles. The molecule has 1 nitrogen and oxygen atoms in total. The summed E-state index contributed by atoms with van der Waals surface area (Å²) in [4.78, 5) is 1.32. The maximum atomic E-state index is 9.03. The van der Waals surface area contributed by atoms with Crippen molar-refractivity contribution in [2.45, 2.75) is 25.9 Å². The summed E-state index contributed by atoms with van der Waals surface area (Å²) in [5.41, 5.74) is 0. The summed E-state index contributed by atoms with van der Waals surface area (Å²) < 4.78 is 1.17. The lowest BCUT2D eigenvalue weighted by Crippen LogP contribution is -2.00. The fourth-order valence-electron chi connectivity index (χ4n) is 0.843. The van der Waals surface area contributed by atoms with Gasteiger partial charge in [-0.15, -0.1) is 11.3 Å². The van der Waals surface area contributed by atoms with Crippen molar-refractivity contribution in [1.82, 2.24) is 0 Å². The molecule has 0 spiro atoms. The van der Waals surface area contributed by atoms with E-state index in [4.69, 9.17) is 5.11 Å². The van der Waals surface area contributed by atoms with Gasteiger partial charge in [-0.05, 0) is 47.1 Å². The smallest absolute Gasteiger partial charge is 0.0515 e. The second-order valence-corrected chi connectivity index (χ2v) is 4.43. The fraction of sp³-hybridized carbons (Fsp3) is 0.500. The van der Waals surface area contributed by atoms with E-state index < -0.39 is 0 Å². The second-order valence-electron chi connectivity index (χ2n) is 2.58. The summed E-state index contributed by atoms with van der Waals surface area (Å²) in [7, 11) is 0. The van der Waals surface area contributed by atoms with Gasteiger partial charge < -0.3 is 5.11 Å². The molecular formula is C8H11BrOS. The van der Waals surface area contributed by atoms with Gasteiger partial charge in [0.05, 0.1) is 6.10 Å². The van der Waals surface area contributed by atoms with Crippen LogP contribution in [0.2, 0.25) is 0 Å². The van der Waals surface area contributed by atoms with Gasteiger partial charge >= 0.3 is 0 Å². The van der Waals surface area contributed by atoms with Crippen molar-refractivity contribution in [3.63, 3.8) is 0 Å². The molecule has 3 heteroatoms. The van der Waals surface area contributed by atoms with Crippen LogP contribution >= 0.6 is 27.3 Å². The molecule has 1 N–H and O–H groups in total. The number of hydrogen-bond donors (Lipinski definition) is 1. The van der Waals surface area contributed by atoms with Crippen LogP contribution in [0.4, 0.5) is 0 Å². The van der Waals surface area contributed by atoms with Crippen LogP contribution in [-0.4, -0.2) is 11.2 Å². The Morgan fingerprint density at radius 2 is 2.45 bits per heavy atom. The molecule has 0 fully saturated rings. The monoisotopic (exact) mass is 234 g/mol. The molecule has 1 aromatic rings. The Labute approximate surface area is 79.2 Å². The highest BCUT2D eigenvalue weighted by atomic mass is 79.9. The average molecular weight is 235 g/mol. The first-order valence-corrected chi connectivity index (χ1v) is 5.27. The van der Waals surface area contributed by atoms with Gasteiger partial charge in [-0.3, -0.25) is 0 Å². The molecule has 0 aliphatic heterocycles. The molecule has 0 radical (unpaired) electrons. The van der Waals surface area contributed by atoms with E-state index in [0.717, 1.165) is 12.8 Å². The van der Waals surface area contributed by atoms with Gasteiger partial charge in [0.15, 0.2) is 0 Å². The van der Waals surface area contributed by atoms with Gasteiger partial charge in [0.2, 0.25) is 0 Å². The molecule has 1 rings (SSSR count). The third-order valence-corrected chi connectivity index (χ3v) is 3.47. The minimum absolute atomic E-state index is 0.191. The number of aliphatic hydroxyl groups excluding tert-OH is 1. The highest BCUT2D eigenvalue weighted by Crippen LogP contribution is 2.24. The van der Waals surface area contributed by atoms with Crippen LogP contribution in [0.5, 0.6) is 0 Å². The standard InChI is InChI=1S/C8H11BrOS/c1-6(10)2-3-8-7(9)4-5-11-8/h4-6,10H,2-3H2,1H3/t6-/m1/s1. The van der Waals surface area contributed by atoms with Gasteiger partial charge in [-0.2, -0.15) is 0 Å². The zero-order valence-electron chi connectivity index (χ0n) is 6.38. The second kappa shape index (κ2) is 4.24. The Kier molecular flexibility index (Phi) is 3.55. The van der Waals surface area contributed by atoms with Gasteiger partial charge in [0.25, 0.3) is 0 Å². The number of rotatable bonds is 3. The predicted octanol–water partition coefficient (Wildman–Crippen LogP) is 2.82. The van der Waals surface area contributed by atoms with E-state index in [2.05, 4.69) is 21.3 Å². The number of hydrogen-bond acceptors (Lipinski definition) is 2. The van der Waals surface area contributed by atoms with Crippen LogP contribution < -0.4 is 0 Å². The Balaban J connectivity index is 2.44. The van der Waals surface area contributed by atoms with E-state index in [9.17, 15) is 0 Å². The molecule has 0 bridgehead atoms. The van der Waals surface area contributed by atoms with E-state index in [1.54, 1.807) is 11.3 Å². The molecule has 62 valence electrons. The number of thiophene rings is 1. The molecule has 0 saturated carbocycles. The maximum Gasteiger partial charge on any atom is 0.0515 e. The minimum Gasteiger partial charge on any atom is -0.393 e. The quantitative estimate of drug-likeness (QED) is 0.854. The topological polar surface area (TPSA) is 20.2 Å². The zero-order valence-corrected chi connectivity index (χ0v) is 8.78. The van der Waals surface area contributed by atoms with Crippen LogP contribution in [0.3, 0.4) is 0 Å². The predicted molar refractivity (Wildman–Crippen MR) is 52.0 cm³/mol. The van der Waals surface area contributed by atoms with Gasteiger partial charge in [-0.25, -0.2) is 0 Å². The Morgan fingerprint density at radius 1 is 1.73 bits per heavy atom. The molecule has 0 aromatic carbocycles. The lowest BCUT2D eigenvalue weighted by Gasteiger charge is -2.01. The van der Waals surface area contributed by atoms with E-state index >= 15 is 0 Å². The van der Waals surface area contributed by atoms with E-state index in [1.165, 1.54) is 9.35 Å². The third kappa shape index (κ3) is 2.93. The summed E-state index contributed by atoms with van der Waals surface area (Å²) in [5.74, 6) is 0. The van der Waals surface area contributed by atoms with Crippen LogP contribution in [0.1, 0.15) is 18.2 Å². The highest BCUT2D eigenvalue weighted by Gasteiger charge is 2.02. The first-order valence-electron chi connectivity index (χ1n) is 3.60. The average Bonchev–Trinajstić information content (AvgIpc) is 2.31. The number of aliphatic hydroxyl groups is 1. The van der Waals surface area contributed by atoms with Crippen molar-refractivity contribution < 1.29 is 5.11 Å². The Morgan fingerprint density at radius 3 is 2.91 bits per heavy atom. The summed E-state index contributed by atoms with van der Waals surface area (Å²) in [5, 5.41) is 11.1. The normalized spacial score (nSPS) is 13.4. The van der Waals surface area contributed by atoms with Crippen LogP contribution in [0.15, 0.2) is 15.9 Å². The summed E-state index contributed by atoms with van der Waals surface area (Å²) in [6.07, 6.45) is 1.62. The molecule has 11 heavy (non-hydrogen) atoms. The largest absolute Gasteiger partial charge is 0.393 e. The molecular weight excluding hydrogens is 224 g/mol. The van der Waals surface area contributed by atoms with Crippen molar-refractivity contribution in [2.24, 2.45) is 0 Å². The SMILES string of the molecule is C[C@@H](O)CCc1sccc1Br. The summed E-state index contributed by atoms with van der Waals surface area (Å²) in [6, 6.07) is 2.04. The Hall–Kier alpha value is 0.140. The molecule has 0 unspecified atom stereocenters. The molecule has 0 aliphatic rings. The zero-order chi connectivity index (χ0) is 8.27. The summed E-state index contributed by atoms with van der Waals surface area (Å²) >= 11 is 5.18. The van der Waals surface area contributed by atoms with Crippen molar-refractivity contribution in [3.8, 4) is 0 Å². The highest BCUT2D eigenvalue weighted by molar-refractivity contribution is 9.10. The lowest BCUT2D eigenvalue weighted by atomic mass is 10.2. The third-order valence-electron chi connectivity index (χ3n) is 1.48. The summed E-state index contributed by atoms with van der Waals surface area (Å²) in [6.45, 7) is 1.82. The van der Waals surface area contributed by atoms with Crippen molar-refractivity contribution in [2.75, 3.05) is 0 Å². The Bertz CT molecular complexity index is 220. The lowest BCUT2D eigenvalue weighted by molar-refractivity contribution is 0.185. The first-order chi connectivity index (χ1) is 5.20. The molecule has 1 aromatic heterocycles. The van der Waals surface area contributed by atoms with Gasteiger partial charge in [0.1, 0.15) is 0 Å². The van der Waals surface area contributed by atoms with Crippen molar-refractivity contribution in [3.05, 3.63) is 20.8 Å². The molecule has 1 heterocycles. The van der Waals surface area contributed by atoms with E-state index in [1.807, 2.05) is 13.0 Å². The van der Waals surface area contributed by atoms with Crippen LogP contribution in [0.25, 0.3) is 0 Å². The molecule has 1 atom stereocenters.